The summed E-state index contributed by atoms with van der Waals surface area (Å²) < 4.78 is 5.35. The van der Waals surface area contributed by atoms with Crippen LogP contribution in [-0.4, -0.2) is 84.5 Å². The van der Waals surface area contributed by atoms with Gasteiger partial charge in [-0.2, -0.15) is 0 Å². The predicted octanol–water partition coefficient (Wildman–Crippen LogP) is 2.68. The van der Waals surface area contributed by atoms with Gasteiger partial charge in [-0.3, -0.25) is 14.5 Å². The zero-order valence-electron chi connectivity index (χ0n) is 20.8. The highest BCUT2D eigenvalue weighted by molar-refractivity contribution is 5.98. The lowest BCUT2D eigenvalue weighted by Crippen LogP contribution is -2.53. The van der Waals surface area contributed by atoms with Crippen LogP contribution in [0.1, 0.15) is 40.7 Å². The highest BCUT2D eigenvalue weighted by atomic mass is 16.5. The predicted molar refractivity (Wildman–Crippen MR) is 135 cm³/mol. The molecule has 1 saturated carbocycles. The van der Waals surface area contributed by atoms with Crippen LogP contribution in [-0.2, 0) is 11.3 Å². The SMILES string of the molecule is COc1cccc(C(=O)N2CC(N(Cc3ccc(C)cc3)C3CC3)CC2C(=O)N2CCNCC2)c1. The first-order valence-corrected chi connectivity index (χ1v) is 12.8. The number of benzene rings is 2. The minimum absolute atomic E-state index is 0.0799. The molecular formula is C28H36N4O3. The van der Waals surface area contributed by atoms with Crippen molar-refractivity contribution in [2.75, 3.05) is 39.8 Å². The van der Waals surface area contributed by atoms with Gasteiger partial charge in [-0.25, -0.2) is 0 Å². The Balaban J connectivity index is 1.40. The highest BCUT2D eigenvalue weighted by Gasteiger charge is 2.46. The number of carbonyl (C=O) groups excluding carboxylic acids is 2. The second kappa shape index (κ2) is 10.4. The molecule has 186 valence electrons. The molecule has 3 aliphatic rings. The normalized spacial score (nSPS) is 22.5. The standard InChI is InChI=1S/C28H36N4O3/c1-20-6-8-21(9-7-20)18-31(23-10-11-23)24-17-26(28(34)30-14-12-29-13-15-30)32(19-24)27(33)22-4-3-5-25(16-22)35-2/h3-9,16,23-24,26,29H,10-15,17-19H2,1-2H3. The maximum absolute atomic E-state index is 13.7. The fourth-order valence-corrected chi connectivity index (χ4v) is 5.40. The van der Waals surface area contributed by atoms with Gasteiger partial charge in [0.15, 0.2) is 0 Å². The van der Waals surface area contributed by atoms with Gasteiger partial charge in [-0.05, 0) is 49.9 Å². The van der Waals surface area contributed by atoms with E-state index in [-0.39, 0.29) is 17.9 Å². The second-order valence-electron chi connectivity index (χ2n) is 10.1. The Hall–Kier alpha value is -2.90. The lowest BCUT2D eigenvalue weighted by atomic mass is 10.1. The molecule has 0 spiro atoms. The minimum atomic E-state index is -0.434. The van der Waals surface area contributed by atoms with Crippen molar-refractivity contribution in [3.05, 3.63) is 65.2 Å². The van der Waals surface area contributed by atoms with E-state index in [2.05, 4.69) is 41.4 Å². The molecule has 2 aromatic carbocycles. The van der Waals surface area contributed by atoms with E-state index in [1.54, 1.807) is 13.2 Å². The second-order valence-corrected chi connectivity index (χ2v) is 10.1. The van der Waals surface area contributed by atoms with Gasteiger partial charge in [0.1, 0.15) is 11.8 Å². The first-order chi connectivity index (χ1) is 17.0. The molecule has 1 N–H and O–H groups in total. The third kappa shape index (κ3) is 5.36. The summed E-state index contributed by atoms with van der Waals surface area (Å²) in [5, 5.41) is 3.32. The zero-order valence-corrected chi connectivity index (χ0v) is 20.8. The number of likely N-dealkylation sites (tertiary alicyclic amines) is 1. The number of amides is 2. The van der Waals surface area contributed by atoms with E-state index in [0.29, 0.717) is 43.4 Å². The molecule has 0 bridgehead atoms. The summed E-state index contributed by atoms with van der Waals surface area (Å²) in [6.45, 7) is 6.51. The van der Waals surface area contributed by atoms with Crippen molar-refractivity contribution < 1.29 is 14.3 Å². The first-order valence-electron chi connectivity index (χ1n) is 12.8. The highest BCUT2D eigenvalue weighted by Crippen LogP contribution is 2.35. The number of piperazine rings is 1. The first kappa shape index (κ1) is 23.8. The molecular weight excluding hydrogens is 440 g/mol. The van der Waals surface area contributed by atoms with Crippen LogP contribution in [0.25, 0.3) is 0 Å². The summed E-state index contributed by atoms with van der Waals surface area (Å²) >= 11 is 0. The Morgan fingerprint density at radius 2 is 1.80 bits per heavy atom. The number of nitrogens with zero attached hydrogens (tertiary/aromatic N) is 3. The van der Waals surface area contributed by atoms with E-state index in [0.717, 1.165) is 19.6 Å². The van der Waals surface area contributed by atoms with Crippen molar-refractivity contribution in [2.45, 2.75) is 50.9 Å². The van der Waals surface area contributed by atoms with Crippen LogP contribution in [0.4, 0.5) is 0 Å². The van der Waals surface area contributed by atoms with E-state index >= 15 is 0 Å². The molecule has 2 saturated heterocycles. The molecule has 2 unspecified atom stereocenters. The molecule has 35 heavy (non-hydrogen) atoms. The van der Waals surface area contributed by atoms with Crippen LogP contribution in [0, 0.1) is 6.92 Å². The van der Waals surface area contributed by atoms with Crippen molar-refractivity contribution in [3.8, 4) is 5.75 Å². The van der Waals surface area contributed by atoms with Crippen LogP contribution in [0.3, 0.4) is 0 Å². The van der Waals surface area contributed by atoms with Crippen molar-refractivity contribution in [3.63, 3.8) is 0 Å². The summed E-state index contributed by atoms with van der Waals surface area (Å²) in [6.07, 6.45) is 3.05. The molecule has 5 rings (SSSR count). The number of hydrogen-bond donors (Lipinski definition) is 1. The number of rotatable bonds is 7. The number of ether oxygens (including phenoxy) is 1. The van der Waals surface area contributed by atoms with E-state index in [1.165, 1.54) is 24.0 Å². The molecule has 0 radical (unpaired) electrons. The molecule has 3 fully saturated rings. The lowest BCUT2D eigenvalue weighted by molar-refractivity contribution is -0.135. The monoisotopic (exact) mass is 476 g/mol. The maximum Gasteiger partial charge on any atom is 0.254 e. The smallest absolute Gasteiger partial charge is 0.254 e. The van der Waals surface area contributed by atoms with Gasteiger partial charge in [-0.15, -0.1) is 0 Å². The minimum Gasteiger partial charge on any atom is -0.497 e. The van der Waals surface area contributed by atoms with E-state index in [1.807, 2.05) is 28.0 Å². The van der Waals surface area contributed by atoms with Gasteiger partial charge in [0, 0.05) is 56.9 Å². The van der Waals surface area contributed by atoms with Crippen LogP contribution in [0.2, 0.25) is 0 Å². The largest absolute Gasteiger partial charge is 0.497 e. The van der Waals surface area contributed by atoms with Crippen molar-refractivity contribution in [2.24, 2.45) is 0 Å². The molecule has 7 heteroatoms. The summed E-state index contributed by atoms with van der Waals surface area (Å²) in [6, 6.07) is 16.2. The molecule has 2 atom stereocenters. The molecule has 2 heterocycles. The molecule has 0 aromatic heterocycles. The number of carbonyl (C=O) groups is 2. The number of nitrogens with one attached hydrogen (secondary N) is 1. The molecule has 2 aliphatic heterocycles. The van der Waals surface area contributed by atoms with E-state index in [4.69, 9.17) is 4.74 Å². The molecule has 2 amide bonds. The van der Waals surface area contributed by atoms with E-state index in [9.17, 15) is 9.59 Å². The average Bonchev–Trinajstić information content (AvgIpc) is 3.65. The van der Waals surface area contributed by atoms with Crippen LogP contribution in [0.15, 0.2) is 48.5 Å². The van der Waals surface area contributed by atoms with Gasteiger partial charge in [-0.1, -0.05) is 35.9 Å². The van der Waals surface area contributed by atoms with Crippen molar-refractivity contribution in [1.29, 1.82) is 0 Å². The molecule has 1 aliphatic carbocycles. The summed E-state index contributed by atoms with van der Waals surface area (Å²) in [4.78, 5) is 33.7. The van der Waals surface area contributed by atoms with Gasteiger partial charge >= 0.3 is 0 Å². The number of methoxy groups -OCH3 is 1. The summed E-state index contributed by atoms with van der Waals surface area (Å²) in [7, 11) is 1.60. The fraction of sp³-hybridized carbons (Fsp3) is 0.500. The Bertz CT molecular complexity index is 1050. The third-order valence-electron chi connectivity index (χ3n) is 7.54. The fourth-order valence-electron chi connectivity index (χ4n) is 5.40. The van der Waals surface area contributed by atoms with Crippen molar-refractivity contribution >= 4 is 11.8 Å². The van der Waals surface area contributed by atoms with E-state index < -0.39 is 6.04 Å². The maximum atomic E-state index is 13.7. The Labute approximate surface area is 208 Å². The van der Waals surface area contributed by atoms with Crippen LogP contribution in [0.5, 0.6) is 5.75 Å². The lowest BCUT2D eigenvalue weighted by Gasteiger charge is -2.32. The zero-order chi connectivity index (χ0) is 24.4. The van der Waals surface area contributed by atoms with Gasteiger partial charge in [0.05, 0.1) is 7.11 Å². The van der Waals surface area contributed by atoms with Crippen molar-refractivity contribution in [1.82, 2.24) is 20.0 Å². The summed E-state index contributed by atoms with van der Waals surface area (Å²) in [5.41, 5.74) is 3.11. The Kier molecular flexibility index (Phi) is 7.07. The van der Waals surface area contributed by atoms with Gasteiger partial charge in [0.25, 0.3) is 5.91 Å². The topological polar surface area (TPSA) is 65.1 Å². The van der Waals surface area contributed by atoms with Crippen LogP contribution >= 0.6 is 0 Å². The third-order valence-corrected chi connectivity index (χ3v) is 7.54. The van der Waals surface area contributed by atoms with Gasteiger partial charge < -0.3 is 19.9 Å². The summed E-state index contributed by atoms with van der Waals surface area (Å²) in [5.74, 6) is 0.637. The van der Waals surface area contributed by atoms with Gasteiger partial charge in [0.2, 0.25) is 5.91 Å². The number of aryl methyl sites for hydroxylation is 1. The molecule has 7 nitrogen and oxygen atoms in total. The number of hydrogen-bond acceptors (Lipinski definition) is 5. The molecule has 2 aromatic rings. The average molecular weight is 477 g/mol. The quantitative estimate of drug-likeness (QED) is 0.666. The Morgan fingerprint density at radius 1 is 1.06 bits per heavy atom. The Morgan fingerprint density at radius 3 is 2.49 bits per heavy atom. The van der Waals surface area contributed by atoms with Crippen LogP contribution < -0.4 is 10.1 Å².